The van der Waals surface area contributed by atoms with Crippen molar-refractivity contribution in [2.75, 3.05) is 0 Å². The number of hydrogen-bond acceptors (Lipinski definition) is 7. The summed E-state index contributed by atoms with van der Waals surface area (Å²) in [6.07, 6.45) is 2.34. The molecule has 0 atom stereocenters. The van der Waals surface area contributed by atoms with Gasteiger partial charge in [0.1, 0.15) is 5.82 Å². The van der Waals surface area contributed by atoms with Crippen molar-refractivity contribution in [3.63, 3.8) is 0 Å². The number of rotatable bonds is 7. The lowest BCUT2D eigenvalue weighted by Gasteiger charge is -2.06. The van der Waals surface area contributed by atoms with Crippen LogP contribution in [0.5, 0.6) is 0 Å². The van der Waals surface area contributed by atoms with Gasteiger partial charge in [-0.25, -0.2) is 0 Å². The second-order valence-electron chi connectivity index (χ2n) is 5.58. The predicted octanol–water partition coefficient (Wildman–Crippen LogP) is 3.82. The summed E-state index contributed by atoms with van der Waals surface area (Å²) in [6.45, 7) is 2.89. The van der Waals surface area contributed by atoms with Crippen LogP contribution < -0.4 is 0 Å². The fraction of sp³-hybridized carbons (Fsp3) is 0.222. The number of benzene rings is 1. The van der Waals surface area contributed by atoms with Gasteiger partial charge < -0.3 is 13.5 Å². The molecule has 3 aromatic heterocycles. The number of hydrogen-bond donors (Lipinski definition) is 0. The van der Waals surface area contributed by atoms with E-state index in [9.17, 15) is 0 Å². The van der Waals surface area contributed by atoms with Gasteiger partial charge in [-0.2, -0.15) is 4.98 Å². The van der Waals surface area contributed by atoms with E-state index < -0.39 is 0 Å². The lowest BCUT2D eigenvalue weighted by Crippen LogP contribution is -2.04. The van der Waals surface area contributed by atoms with E-state index in [-0.39, 0.29) is 0 Å². The molecule has 132 valence electrons. The largest absolute Gasteiger partial charge is 0.461 e. The van der Waals surface area contributed by atoms with E-state index in [0.29, 0.717) is 23.2 Å². The quantitative estimate of drug-likeness (QED) is 0.459. The van der Waals surface area contributed by atoms with Crippen molar-refractivity contribution in [3.05, 3.63) is 66.0 Å². The number of nitrogens with zero attached hydrogens (tertiary/aromatic N) is 5. The molecule has 0 bridgehead atoms. The number of aromatic nitrogens is 5. The van der Waals surface area contributed by atoms with Gasteiger partial charge in [0.25, 0.3) is 0 Å². The minimum atomic E-state index is 0.451. The minimum absolute atomic E-state index is 0.451. The van der Waals surface area contributed by atoms with E-state index in [0.717, 1.165) is 23.9 Å². The topological polar surface area (TPSA) is 82.8 Å². The van der Waals surface area contributed by atoms with E-state index in [4.69, 9.17) is 8.94 Å². The maximum absolute atomic E-state index is 5.29. The Hall–Kier alpha value is -2.87. The molecule has 0 spiro atoms. The Morgan fingerprint density at radius 1 is 1.08 bits per heavy atom. The second kappa shape index (κ2) is 7.57. The minimum Gasteiger partial charge on any atom is -0.461 e. The highest BCUT2D eigenvalue weighted by atomic mass is 32.2. The molecule has 4 rings (SSSR count). The van der Waals surface area contributed by atoms with Gasteiger partial charge in [-0.15, -0.1) is 10.2 Å². The van der Waals surface area contributed by atoms with Crippen molar-refractivity contribution in [2.24, 2.45) is 0 Å². The Morgan fingerprint density at radius 2 is 1.96 bits per heavy atom. The molecule has 1 aromatic carbocycles. The average Bonchev–Trinajstić information content (AvgIpc) is 3.41. The van der Waals surface area contributed by atoms with Crippen LogP contribution in [0.15, 0.2) is 62.8 Å². The zero-order valence-corrected chi connectivity index (χ0v) is 15.0. The summed E-state index contributed by atoms with van der Waals surface area (Å²) in [6, 6.07) is 13.8. The highest BCUT2D eigenvalue weighted by Gasteiger charge is 2.15. The van der Waals surface area contributed by atoms with Gasteiger partial charge in [0.15, 0.2) is 10.9 Å². The molecule has 0 aliphatic heterocycles. The molecule has 26 heavy (non-hydrogen) atoms. The van der Waals surface area contributed by atoms with E-state index in [1.807, 2.05) is 18.2 Å². The van der Waals surface area contributed by atoms with Crippen LogP contribution >= 0.6 is 11.8 Å². The molecular weight excluding hydrogens is 350 g/mol. The summed E-state index contributed by atoms with van der Waals surface area (Å²) in [5, 5.41) is 13.5. The van der Waals surface area contributed by atoms with Gasteiger partial charge in [0.2, 0.25) is 11.7 Å². The molecule has 0 fully saturated rings. The average molecular weight is 367 g/mol. The van der Waals surface area contributed by atoms with E-state index in [2.05, 4.69) is 44.0 Å². The zero-order valence-electron chi connectivity index (χ0n) is 14.2. The lowest BCUT2D eigenvalue weighted by molar-refractivity contribution is 0.390. The molecule has 0 saturated heterocycles. The van der Waals surface area contributed by atoms with Crippen LogP contribution in [0, 0.1) is 0 Å². The van der Waals surface area contributed by atoms with Gasteiger partial charge in [-0.3, -0.25) is 0 Å². The number of furan rings is 1. The third-order valence-corrected chi connectivity index (χ3v) is 4.80. The third kappa shape index (κ3) is 3.55. The molecular formula is C18H17N5O2S. The summed E-state index contributed by atoms with van der Waals surface area (Å²) in [7, 11) is 0. The molecule has 0 saturated carbocycles. The molecule has 0 aliphatic rings. The van der Waals surface area contributed by atoms with Crippen LogP contribution in [-0.4, -0.2) is 24.9 Å². The molecule has 4 aromatic rings. The Kier molecular flexibility index (Phi) is 4.83. The Balaban J connectivity index is 1.45. The summed E-state index contributed by atoms with van der Waals surface area (Å²) in [5.74, 6) is 3.04. The number of thioether (sulfide) groups is 1. The molecule has 0 N–H and O–H groups in total. The zero-order chi connectivity index (χ0) is 17.8. The van der Waals surface area contributed by atoms with Crippen molar-refractivity contribution < 1.29 is 8.94 Å². The summed E-state index contributed by atoms with van der Waals surface area (Å²) >= 11 is 1.53. The van der Waals surface area contributed by atoms with Crippen molar-refractivity contribution >= 4 is 11.8 Å². The normalized spacial score (nSPS) is 11.1. The lowest BCUT2D eigenvalue weighted by atomic mass is 10.1. The summed E-state index contributed by atoms with van der Waals surface area (Å²) in [5.41, 5.74) is 1.21. The molecule has 0 aliphatic carbocycles. The molecule has 0 amide bonds. The summed E-state index contributed by atoms with van der Waals surface area (Å²) in [4.78, 5) is 4.35. The first-order chi connectivity index (χ1) is 12.8. The highest BCUT2D eigenvalue weighted by Crippen LogP contribution is 2.24. The van der Waals surface area contributed by atoms with Gasteiger partial charge in [-0.1, -0.05) is 47.3 Å². The standard InChI is InChI=1S/C18H17N5O2S/c1-2-23-15(11-13-7-4-3-5-8-13)20-21-18(23)26-12-16-19-17(22-25-16)14-9-6-10-24-14/h3-10H,2,11-12H2,1H3. The van der Waals surface area contributed by atoms with Crippen molar-refractivity contribution in [3.8, 4) is 11.6 Å². The maximum atomic E-state index is 5.29. The van der Waals surface area contributed by atoms with Crippen LogP contribution in [0.3, 0.4) is 0 Å². The maximum Gasteiger partial charge on any atom is 0.238 e. The Bertz CT molecular complexity index is 963. The van der Waals surface area contributed by atoms with Crippen LogP contribution in [0.1, 0.15) is 24.2 Å². The molecule has 3 heterocycles. The van der Waals surface area contributed by atoms with Crippen molar-refractivity contribution in [2.45, 2.75) is 30.8 Å². The highest BCUT2D eigenvalue weighted by molar-refractivity contribution is 7.98. The molecule has 0 unspecified atom stereocenters. The Morgan fingerprint density at radius 3 is 2.73 bits per heavy atom. The first-order valence-electron chi connectivity index (χ1n) is 8.28. The van der Waals surface area contributed by atoms with Crippen molar-refractivity contribution in [1.29, 1.82) is 0 Å². The first kappa shape index (κ1) is 16.6. The van der Waals surface area contributed by atoms with Gasteiger partial charge >= 0.3 is 0 Å². The van der Waals surface area contributed by atoms with Crippen LogP contribution in [-0.2, 0) is 18.7 Å². The van der Waals surface area contributed by atoms with Crippen molar-refractivity contribution in [1.82, 2.24) is 24.9 Å². The third-order valence-electron chi connectivity index (χ3n) is 3.85. The van der Waals surface area contributed by atoms with Gasteiger partial charge in [0.05, 0.1) is 12.0 Å². The van der Waals surface area contributed by atoms with E-state index >= 15 is 0 Å². The Labute approximate surface area is 154 Å². The van der Waals surface area contributed by atoms with Crippen LogP contribution in [0.25, 0.3) is 11.6 Å². The van der Waals surface area contributed by atoms with E-state index in [1.165, 1.54) is 17.3 Å². The predicted molar refractivity (Wildman–Crippen MR) is 96.5 cm³/mol. The van der Waals surface area contributed by atoms with E-state index in [1.54, 1.807) is 18.4 Å². The monoisotopic (exact) mass is 367 g/mol. The van der Waals surface area contributed by atoms with Crippen LogP contribution in [0.2, 0.25) is 0 Å². The van der Waals surface area contributed by atoms with Gasteiger partial charge in [-0.05, 0) is 24.6 Å². The summed E-state index contributed by atoms with van der Waals surface area (Å²) < 4.78 is 12.7. The first-order valence-corrected chi connectivity index (χ1v) is 9.27. The second-order valence-corrected chi connectivity index (χ2v) is 6.53. The smallest absolute Gasteiger partial charge is 0.238 e. The molecule has 8 heteroatoms. The fourth-order valence-corrected chi connectivity index (χ4v) is 3.46. The SMILES string of the molecule is CCn1c(Cc2ccccc2)nnc1SCc1nc(-c2ccco2)no1. The molecule has 7 nitrogen and oxygen atoms in total. The van der Waals surface area contributed by atoms with Crippen LogP contribution in [0.4, 0.5) is 0 Å². The fourth-order valence-electron chi connectivity index (χ4n) is 2.60. The van der Waals surface area contributed by atoms with Gasteiger partial charge in [0, 0.05) is 13.0 Å². The molecule has 0 radical (unpaired) electrons.